The molecule has 0 amide bonds. The predicted octanol–water partition coefficient (Wildman–Crippen LogP) is 1.29. The highest BCUT2D eigenvalue weighted by Crippen LogP contribution is 2.09. The quantitative estimate of drug-likeness (QED) is 0.724. The summed E-state index contributed by atoms with van der Waals surface area (Å²) in [5.74, 6) is 2.95. The first-order valence-electron chi connectivity index (χ1n) is 4.98. The van der Waals surface area contributed by atoms with E-state index in [1.807, 2.05) is 29.7 Å². The van der Waals surface area contributed by atoms with E-state index in [1.54, 1.807) is 0 Å². The summed E-state index contributed by atoms with van der Waals surface area (Å²) in [6.45, 7) is 2.98. The number of aryl methyl sites for hydroxylation is 2. The van der Waals surface area contributed by atoms with Crippen LogP contribution in [-0.4, -0.2) is 27.8 Å². The van der Waals surface area contributed by atoms with E-state index >= 15 is 0 Å². The molecule has 1 rings (SSSR count). The second-order valence-corrected chi connectivity index (χ2v) is 4.76. The van der Waals surface area contributed by atoms with Gasteiger partial charge in [-0.05, 0) is 36.5 Å². The fourth-order valence-corrected chi connectivity index (χ4v) is 2.23. The lowest BCUT2D eigenvalue weighted by Crippen LogP contribution is -2.13. The molecule has 1 atom stereocenters. The second kappa shape index (κ2) is 6.09. The molecule has 0 saturated carbocycles. The van der Waals surface area contributed by atoms with Crippen LogP contribution in [0.4, 0.5) is 0 Å². The number of thioether (sulfide) groups is 1. The lowest BCUT2D eigenvalue weighted by molar-refractivity contribution is 0.674. The van der Waals surface area contributed by atoms with Gasteiger partial charge >= 0.3 is 0 Å². The van der Waals surface area contributed by atoms with Gasteiger partial charge in [-0.1, -0.05) is 6.92 Å². The number of aromatic nitrogens is 2. The van der Waals surface area contributed by atoms with Crippen LogP contribution in [0.25, 0.3) is 0 Å². The highest BCUT2D eigenvalue weighted by atomic mass is 32.2. The van der Waals surface area contributed by atoms with Crippen LogP contribution in [0.3, 0.4) is 0 Å². The lowest BCUT2D eigenvalue weighted by atomic mass is 10.2. The minimum Gasteiger partial charge on any atom is -0.330 e. The van der Waals surface area contributed by atoms with Crippen LogP contribution in [0, 0.1) is 5.92 Å². The molecule has 80 valence electrons. The van der Waals surface area contributed by atoms with Crippen molar-refractivity contribution in [3.63, 3.8) is 0 Å². The average molecular weight is 213 g/mol. The number of rotatable bonds is 6. The molecule has 4 heteroatoms. The van der Waals surface area contributed by atoms with Crippen molar-refractivity contribution in [2.75, 3.05) is 18.1 Å². The molecule has 0 saturated heterocycles. The van der Waals surface area contributed by atoms with Gasteiger partial charge in [-0.2, -0.15) is 16.9 Å². The maximum Gasteiger partial charge on any atom is 0.0492 e. The van der Waals surface area contributed by atoms with Crippen LogP contribution in [0.15, 0.2) is 12.3 Å². The fraction of sp³-hybridized carbons (Fsp3) is 0.700. The topological polar surface area (TPSA) is 43.8 Å². The smallest absolute Gasteiger partial charge is 0.0492 e. The molecular formula is C10H19N3S. The van der Waals surface area contributed by atoms with Gasteiger partial charge in [0.1, 0.15) is 0 Å². The molecule has 0 bridgehead atoms. The molecule has 0 aliphatic rings. The highest BCUT2D eigenvalue weighted by molar-refractivity contribution is 7.99. The molecule has 14 heavy (non-hydrogen) atoms. The number of hydrogen-bond acceptors (Lipinski definition) is 3. The molecular weight excluding hydrogens is 194 g/mol. The molecule has 1 heterocycles. The standard InChI is InChI=1S/C10H19N3S/c1-9(7-11)8-14-6-4-10-3-5-12-13(10)2/h3,5,9H,4,6-8,11H2,1-2H3. The molecule has 3 nitrogen and oxygen atoms in total. The Hall–Kier alpha value is -0.480. The van der Waals surface area contributed by atoms with Gasteiger partial charge in [-0.3, -0.25) is 4.68 Å². The lowest BCUT2D eigenvalue weighted by Gasteiger charge is -2.07. The minimum atomic E-state index is 0.631. The second-order valence-electron chi connectivity index (χ2n) is 3.61. The molecule has 1 aromatic rings. The first-order chi connectivity index (χ1) is 6.74. The highest BCUT2D eigenvalue weighted by Gasteiger charge is 2.01. The van der Waals surface area contributed by atoms with Crippen molar-refractivity contribution >= 4 is 11.8 Å². The van der Waals surface area contributed by atoms with Crippen LogP contribution < -0.4 is 5.73 Å². The molecule has 1 aromatic heterocycles. The van der Waals surface area contributed by atoms with Crippen molar-refractivity contribution in [1.29, 1.82) is 0 Å². The van der Waals surface area contributed by atoms with Crippen molar-refractivity contribution < 1.29 is 0 Å². The third-order valence-electron chi connectivity index (χ3n) is 2.23. The monoisotopic (exact) mass is 213 g/mol. The molecule has 2 N–H and O–H groups in total. The summed E-state index contributed by atoms with van der Waals surface area (Å²) in [6, 6.07) is 2.08. The third kappa shape index (κ3) is 3.72. The zero-order chi connectivity index (χ0) is 10.4. The molecule has 0 aliphatic carbocycles. The normalized spacial score (nSPS) is 13.1. The molecule has 1 unspecified atom stereocenters. The zero-order valence-corrected chi connectivity index (χ0v) is 9.76. The number of nitrogens with two attached hydrogens (primary N) is 1. The largest absolute Gasteiger partial charge is 0.330 e. The van der Waals surface area contributed by atoms with Gasteiger partial charge in [0, 0.05) is 18.9 Å². The summed E-state index contributed by atoms with van der Waals surface area (Å²) in [6.07, 6.45) is 2.95. The Bertz CT molecular complexity index is 260. The molecule has 0 fully saturated rings. The van der Waals surface area contributed by atoms with E-state index in [0.29, 0.717) is 5.92 Å². The maximum absolute atomic E-state index is 5.55. The Labute approximate surface area is 90.1 Å². The van der Waals surface area contributed by atoms with Crippen molar-refractivity contribution in [3.8, 4) is 0 Å². The van der Waals surface area contributed by atoms with Gasteiger partial charge in [-0.25, -0.2) is 0 Å². The van der Waals surface area contributed by atoms with Crippen LogP contribution in [-0.2, 0) is 13.5 Å². The van der Waals surface area contributed by atoms with E-state index in [4.69, 9.17) is 5.73 Å². The van der Waals surface area contributed by atoms with Crippen LogP contribution >= 0.6 is 11.8 Å². The maximum atomic E-state index is 5.55. The Balaban J connectivity index is 2.13. The summed E-state index contributed by atoms with van der Waals surface area (Å²) in [5.41, 5.74) is 6.85. The van der Waals surface area contributed by atoms with Gasteiger partial charge in [0.2, 0.25) is 0 Å². The van der Waals surface area contributed by atoms with E-state index in [9.17, 15) is 0 Å². The Kier molecular flexibility index (Phi) is 5.04. The van der Waals surface area contributed by atoms with E-state index in [2.05, 4.69) is 18.1 Å². The average Bonchev–Trinajstić information content (AvgIpc) is 2.58. The predicted molar refractivity (Wildman–Crippen MR) is 62.5 cm³/mol. The molecule has 0 aromatic carbocycles. The van der Waals surface area contributed by atoms with Gasteiger partial charge < -0.3 is 5.73 Å². The van der Waals surface area contributed by atoms with Crippen molar-refractivity contribution in [1.82, 2.24) is 9.78 Å². The van der Waals surface area contributed by atoms with E-state index in [1.165, 1.54) is 5.69 Å². The van der Waals surface area contributed by atoms with Crippen molar-refractivity contribution in [2.24, 2.45) is 18.7 Å². The van der Waals surface area contributed by atoms with Gasteiger partial charge in [0.05, 0.1) is 0 Å². The van der Waals surface area contributed by atoms with E-state index in [0.717, 1.165) is 24.5 Å². The molecule has 0 spiro atoms. The Morgan fingerprint density at radius 1 is 1.64 bits per heavy atom. The van der Waals surface area contributed by atoms with Crippen molar-refractivity contribution in [3.05, 3.63) is 18.0 Å². The van der Waals surface area contributed by atoms with Crippen LogP contribution in [0.2, 0.25) is 0 Å². The van der Waals surface area contributed by atoms with Crippen molar-refractivity contribution in [2.45, 2.75) is 13.3 Å². The summed E-state index contributed by atoms with van der Waals surface area (Å²) in [7, 11) is 1.99. The zero-order valence-electron chi connectivity index (χ0n) is 8.94. The first-order valence-corrected chi connectivity index (χ1v) is 6.14. The third-order valence-corrected chi connectivity index (χ3v) is 3.53. The summed E-state index contributed by atoms with van der Waals surface area (Å²) >= 11 is 1.97. The molecule has 0 radical (unpaired) electrons. The van der Waals surface area contributed by atoms with Crippen LogP contribution in [0.1, 0.15) is 12.6 Å². The van der Waals surface area contributed by atoms with Gasteiger partial charge in [0.25, 0.3) is 0 Å². The van der Waals surface area contributed by atoms with E-state index < -0.39 is 0 Å². The van der Waals surface area contributed by atoms with Gasteiger partial charge in [0.15, 0.2) is 0 Å². The first kappa shape index (κ1) is 11.6. The van der Waals surface area contributed by atoms with Crippen LogP contribution in [0.5, 0.6) is 0 Å². The molecule has 0 aliphatic heterocycles. The Morgan fingerprint density at radius 2 is 2.43 bits per heavy atom. The Morgan fingerprint density at radius 3 is 3.00 bits per heavy atom. The fourth-order valence-electron chi connectivity index (χ4n) is 1.18. The summed E-state index contributed by atoms with van der Waals surface area (Å²) < 4.78 is 1.94. The minimum absolute atomic E-state index is 0.631. The number of nitrogens with zero attached hydrogens (tertiary/aromatic N) is 2. The SMILES string of the molecule is CC(CN)CSCCc1ccnn1C. The van der Waals surface area contributed by atoms with E-state index in [-0.39, 0.29) is 0 Å². The summed E-state index contributed by atoms with van der Waals surface area (Å²) in [5, 5.41) is 4.13. The van der Waals surface area contributed by atoms with Gasteiger partial charge in [-0.15, -0.1) is 0 Å². The summed E-state index contributed by atoms with van der Waals surface area (Å²) in [4.78, 5) is 0. The number of hydrogen-bond donors (Lipinski definition) is 1.